The number of rotatable bonds is 1. The van der Waals surface area contributed by atoms with Gasteiger partial charge in [-0.15, -0.1) is 0 Å². The van der Waals surface area contributed by atoms with E-state index in [-0.39, 0.29) is 0 Å². The lowest BCUT2D eigenvalue weighted by atomic mass is 9.95. The molecule has 3 atom stereocenters. The van der Waals surface area contributed by atoms with Crippen LogP contribution < -0.4 is 0 Å². The van der Waals surface area contributed by atoms with Crippen molar-refractivity contribution in [2.24, 2.45) is 11.8 Å². The highest BCUT2D eigenvalue weighted by atomic mass is 33.1. The second-order valence-corrected chi connectivity index (χ2v) is 6.72. The van der Waals surface area contributed by atoms with E-state index in [9.17, 15) is 0 Å². The second kappa shape index (κ2) is 3.21. The zero-order chi connectivity index (χ0) is 7.84. The van der Waals surface area contributed by atoms with Gasteiger partial charge in [0.15, 0.2) is 0 Å². The van der Waals surface area contributed by atoms with Gasteiger partial charge >= 0.3 is 0 Å². The minimum absolute atomic E-state index is 0.889. The van der Waals surface area contributed by atoms with Gasteiger partial charge in [0.1, 0.15) is 0 Å². The predicted octanol–water partition coefficient (Wildman–Crippen LogP) is 3.57. The molecule has 0 radical (unpaired) electrons. The van der Waals surface area contributed by atoms with Crippen molar-refractivity contribution in [1.82, 2.24) is 0 Å². The second-order valence-electron chi connectivity index (χ2n) is 4.03. The van der Waals surface area contributed by atoms with Crippen molar-refractivity contribution in [3.8, 4) is 0 Å². The summed E-state index contributed by atoms with van der Waals surface area (Å²) >= 11 is 0. The van der Waals surface area contributed by atoms with Crippen LogP contribution in [0.2, 0.25) is 0 Å². The van der Waals surface area contributed by atoms with Gasteiger partial charge in [-0.1, -0.05) is 41.9 Å². The van der Waals surface area contributed by atoms with Crippen LogP contribution in [0, 0.1) is 11.8 Å². The molecule has 0 aromatic carbocycles. The first-order chi connectivity index (χ1) is 5.29. The van der Waals surface area contributed by atoms with Crippen molar-refractivity contribution in [2.45, 2.75) is 43.6 Å². The number of hydrogen-bond acceptors (Lipinski definition) is 2. The minimum Gasteiger partial charge on any atom is -0.0901 e. The zero-order valence-electron chi connectivity index (χ0n) is 7.25. The number of hydrogen-bond donors (Lipinski definition) is 0. The molecule has 0 amide bonds. The Morgan fingerprint density at radius 3 is 2.73 bits per heavy atom. The summed E-state index contributed by atoms with van der Waals surface area (Å²) in [4.78, 5) is 0. The molecule has 2 rings (SSSR count). The summed E-state index contributed by atoms with van der Waals surface area (Å²) in [7, 11) is 4.33. The highest BCUT2D eigenvalue weighted by molar-refractivity contribution is 8.77. The van der Waals surface area contributed by atoms with Crippen molar-refractivity contribution < 1.29 is 0 Å². The Balaban J connectivity index is 2.03. The molecule has 0 aromatic rings. The molecule has 0 N–H and O–H groups in total. The third-order valence-electron chi connectivity index (χ3n) is 2.87. The Morgan fingerprint density at radius 2 is 2.00 bits per heavy atom. The summed E-state index contributed by atoms with van der Waals surface area (Å²) in [5.41, 5.74) is 0. The first-order valence-corrected chi connectivity index (χ1v) is 6.89. The lowest BCUT2D eigenvalue weighted by Gasteiger charge is -2.19. The average Bonchev–Trinajstić information content (AvgIpc) is 2.41. The minimum atomic E-state index is 0.889. The molecule has 0 nitrogen and oxygen atoms in total. The zero-order valence-corrected chi connectivity index (χ0v) is 8.88. The molecule has 1 aliphatic carbocycles. The van der Waals surface area contributed by atoms with Crippen molar-refractivity contribution in [2.75, 3.05) is 0 Å². The van der Waals surface area contributed by atoms with E-state index in [2.05, 4.69) is 35.4 Å². The van der Waals surface area contributed by atoms with Crippen molar-refractivity contribution in [1.29, 1.82) is 0 Å². The Kier molecular flexibility index (Phi) is 2.43. The molecule has 1 aliphatic heterocycles. The molecule has 1 heterocycles. The monoisotopic (exact) mass is 188 g/mol. The van der Waals surface area contributed by atoms with E-state index in [0.717, 1.165) is 22.3 Å². The van der Waals surface area contributed by atoms with Gasteiger partial charge in [0.25, 0.3) is 0 Å². The molecule has 2 heteroatoms. The Bertz CT molecular complexity index is 144. The van der Waals surface area contributed by atoms with Crippen LogP contribution in [0.4, 0.5) is 0 Å². The smallest absolute Gasteiger partial charge is 0.0213 e. The average molecular weight is 188 g/mol. The summed E-state index contributed by atoms with van der Waals surface area (Å²) in [5, 5.41) is 1.99. The first kappa shape index (κ1) is 8.31. The van der Waals surface area contributed by atoms with Gasteiger partial charge < -0.3 is 0 Å². The van der Waals surface area contributed by atoms with E-state index < -0.39 is 0 Å². The molecular formula is C9H16S2. The molecule has 1 saturated carbocycles. The highest BCUT2D eigenvalue weighted by Crippen LogP contribution is 2.56. The topological polar surface area (TPSA) is 0 Å². The van der Waals surface area contributed by atoms with Crippen LogP contribution >= 0.6 is 21.6 Å². The molecule has 0 aromatic heterocycles. The summed E-state index contributed by atoms with van der Waals surface area (Å²) in [6.07, 6.45) is 4.49. The summed E-state index contributed by atoms with van der Waals surface area (Å²) < 4.78 is 0. The van der Waals surface area contributed by atoms with Crippen LogP contribution in [0.1, 0.15) is 33.1 Å². The Morgan fingerprint density at radius 1 is 1.18 bits per heavy atom. The molecular weight excluding hydrogens is 172 g/mol. The molecule has 3 unspecified atom stereocenters. The van der Waals surface area contributed by atoms with Gasteiger partial charge in [-0.3, -0.25) is 0 Å². The lowest BCUT2D eigenvalue weighted by Crippen LogP contribution is -2.20. The maximum atomic E-state index is 2.37. The van der Waals surface area contributed by atoms with Crippen LogP contribution in [-0.4, -0.2) is 10.5 Å². The Hall–Kier alpha value is 0.700. The molecule has 64 valence electrons. The standard InChI is InChI=1S/C9H16S2/c1-6(2)9-7-4-3-5-8(7)10-11-9/h6-9H,3-5H2,1-2H3. The van der Waals surface area contributed by atoms with Crippen molar-refractivity contribution in [3.63, 3.8) is 0 Å². The molecule has 0 spiro atoms. The maximum absolute atomic E-state index is 2.37. The fraction of sp³-hybridized carbons (Fsp3) is 1.00. The Labute approximate surface area is 77.3 Å². The van der Waals surface area contributed by atoms with Gasteiger partial charge in [-0.2, -0.15) is 0 Å². The van der Waals surface area contributed by atoms with Gasteiger partial charge in [-0.25, -0.2) is 0 Å². The molecule has 2 aliphatic rings. The third kappa shape index (κ3) is 1.44. The van der Waals surface area contributed by atoms with E-state index in [0.29, 0.717) is 0 Å². The van der Waals surface area contributed by atoms with Gasteiger partial charge in [0.2, 0.25) is 0 Å². The summed E-state index contributed by atoms with van der Waals surface area (Å²) in [6.45, 7) is 4.75. The van der Waals surface area contributed by atoms with Crippen LogP contribution in [0.5, 0.6) is 0 Å². The predicted molar refractivity (Wildman–Crippen MR) is 54.9 cm³/mol. The quantitative estimate of drug-likeness (QED) is 0.577. The molecule has 0 bridgehead atoms. The molecule has 1 saturated heterocycles. The van der Waals surface area contributed by atoms with Crippen molar-refractivity contribution >= 4 is 21.6 Å². The fourth-order valence-electron chi connectivity index (χ4n) is 2.26. The molecule has 2 fully saturated rings. The largest absolute Gasteiger partial charge is 0.0901 e. The molecule has 11 heavy (non-hydrogen) atoms. The van der Waals surface area contributed by atoms with Gasteiger partial charge in [0, 0.05) is 10.5 Å². The van der Waals surface area contributed by atoms with E-state index in [1.165, 1.54) is 19.3 Å². The lowest BCUT2D eigenvalue weighted by molar-refractivity contribution is 0.450. The highest BCUT2D eigenvalue weighted by Gasteiger charge is 2.41. The van der Waals surface area contributed by atoms with E-state index in [1.54, 1.807) is 0 Å². The van der Waals surface area contributed by atoms with Crippen LogP contribution in [0.15, 0.2) is 0 Å². The van der Waals surface area contributed by atoms with Crippen LogP contribution in [-0.2, 0) is 0 Å². The first-order valence-electron chi connectivity index (χ1n) is 4.61. The van der Waals surface area contributed by atoms with Crippen LogP contribution in [0.25, 0.3) is 0 Å². The normalized spacial score (nSPS) is 43.4. The van der Waals surface area contributed by atoms with Gasteiger partial charge in [0.05, 0.1) is 0 Å². The number of fused-ring (bicyclic) bond motifs is 1. The SMILES string of the molecule is CC(C)C1SSC2CCCC21. The maximum Gasteiger partial charge on any atom is 0.0213 e. The summed E-state index contributed by atoms with van der Waals surface area (Å²) in [6, 6.07) is 0. The van der Waals surface area contributed by atoms with E-state index in [4.69, 9.17) is 0 Å². The van der Waals surface area contributed by atoms with E-state index >= 15 is 0 Å². The van der Waals surface area contributed by atoms with Crippen LogP contribution in [0.3, 0.4) is 0 Å². The fourth-order valence-corrected chi connectivity index (χ4v) is 6.66. The van der Waals surface area contributed by atoms with Crippen molar-refractivity contribution in [3.05, 3.63) is 0 Å². The summed E-state index contributed by atoms with van der Waals surface area (Å²) in [5.74, 6) is 1.95. The van der Waals surface area contributed by atoms with E-state index in [1.807, 2.05) is 0 Å². The third-order valence-corrected chi connectivity index (χ3v) is 6.67. The van der Waals surface area contributed by atoms with Gasteiger partial charge in [-0.05, 0) is 24.7 Å².